The summed E-state index contributed by atoms with van der Waals surface area (Å²) in [5.41, 5.74) is 10.6. The lowest BCUT2D eigenvalue weighted by molar-refractivity contribution is -0.275. The van der Waals surface area contributed by atoms with E-state index in [1.54, 1.807) is 0 Å². The molecule has 1 aliphatic carbocycles. The first-order chi connectivity index (χ1) is 12.6. The maximum atomic E-state index is 12.5. The van der Waals surface area contributed by atoms with Crippen molar-refractivity contribution in [1.82, 2.24) is 4.72 Å². The molecule has 5 N–H and O–H groups in total. The number of nitrogens with zero attached hydrogens (tertiary/aromatic N) is 1. The summed E-state index contributed by atoms with van der Waals surface area (Å²) in [5.74, 6) is -0.255. The van der Waals surface area contributed by atoms with Crippen LogP contribution in [0, 0.1) is 11.8 Å². The summed E-state index contributed by atoms with van der Waals surface area (Å²) >= 11 is 0. The minimum atomic E-state index is -4.97. The highest BCUT2D eigenvalue weighted by Gasteiger charge is 2.34. The summed E-state index contributed by atoms with van der Waals surface area (Å²) in [6.45, 7) is 0.695. The molecule has 0 aliphatic heterocycles. The number of sulfonamides is 1. The van der Waals surface area contributed by atoms with Crippen LogP contribution < -0.4 is 20.9 Å². The molecule has 1 saturated carbocycles. The Morgan fingerprint density at radius 2 is 1.74 bits per heavy atom. The molecule has 0 bridgehead atoms. The Morgan fingerprint density at radius 3 is 2.33 bits per heavy atom. The van der Waals surface area contributed by atoms with Gasteiger partial charge in [-0.2, -0.15) is 0 Å². The number of ether oxygens (including phenoxy) is 1. The third-order valence-electron chi connectivity index (χ3n) is 4.42. The van der Waals surface area contributed by atoms with Gasteiger partial charge in [0.25, 0.3) is 0 Å². The Morgan fingerprint density at radius 1 is 1.15 bits per heavy atom. The van der Waals surface area contributed by atoms with Crippen molar-refractivity contribution in [2.75, 3.05) is 13.1 Å². The van der Waals surface area contributed by atoms with Gasteiger partial charge in [0.2, 0.25) is 10.0 Å². The molecule has 11 heteroatoms. The molecule has 0 heterocycles. The number of nitrogens with one attached hydrogen (secondary N) is 1. The second-order valence-corrected chi connectivity index (χ2v) is 8.23. The van der Waals surface area contributed by atoms with Gasteiger partial charge in [-0.1, -0.05) is 12.1 Å². The van der Waals surface area contributed by atoms with Gasteiger partial charge in [0.05, 0.1) is 0 Å². The van der Waals surface area contributed by atoms with Crippen molar-refractivity contribution in [3.05, 3.63) is 24.3 Å². The molecule has 7 nitrogen and oxygen atoms in total. The highest BCUT2D eigenvalue weighted by molar-refractivity contribution is 7.89. The van der Waals surface area contributed by atoms with Gasteiger partial charge in [0.15, 0.2) is 5.96 Å². The van der Waals surface area contributed by atoms with Crippen molar-refractivity contribution in [1.29, 1.82) is 0 Å². The quantitative estimate of drug-likeness (QED) is 0.470. The van der Waals surface area contributed by atoms with Crippen LogP contribution in [0.2, 0.25) is 0 Å². The Hall–Kier alpha value is -2.01. The van der Waals surface area contributed by atoms with Gasteiger partial charge in [-0.25, -0.2) is 13.1 Å². The van der Waals surface area contributed by atoms with Crippen LogP contribution in [0.1, 0.15) is 25.7 Å². The summed E-state index contributed by atoms with van der Waals surface area (Å²) in [5, 5.41) is 0. The van der Waals surface area contributed by atoms with Crippen molar-refractivity contribution in [3.8, 4) is 5.75 Å². The topological polar surface area (TPSA) is 120 Å². The number of benzene rings is 1. The van der Waals surface area contributed by atoms with Crippen molar-refractivity contribution in [3.63, 3.8) is 0 Å². The minimum absolute atomic E-state index is 0.0459. The van der Waals surface area contributed by atoms with E-state index in [1.165, 1.54) is 12.1 Å². The first kappa shape index (κ1) is 21.3. The van der Waals surface area contributed by atoms with E-state index in [2.05, 4.69) is 14.5 Å². The fraction of sp³-hybridized carbons (Fsp3) is 0.562. The number of guanidine groups is 1. The lowest BCUT2D eigenvalue weighted by Crippen LogP contribution is -2.32. The predicted molar refractivity (Wildman–Crippen MR) is 94.4 cm³/mol. The highest BCUT2D eigenvalue weighted by Crippen LogP contribution is 2.31. The molecule has 0 spiro atoms. The molecule has 1 aromatic carbocycles. The maximum Gasteiger partial charge on any atom is 0.573 e. The molecule has 2 rings (SSSR count). The average Bonchev–Trinajstić information content (AvgIpc) is 2.58. The van der Waals surface area contributed by atoms with Gasteiger partial charge < -0.3 is 16.2 Å². The van der Waals surface area contributed by atoms with E-state index in [-0.39, 0.29) is 18.4 Å². The minimum Gasteiger partial charge on any atom is -0.404 e. The van der Waals surface area contributed by atoms with Gasteiger partial charge >= 0.3 is 6.36 Å². The molecule has 0 unspecified atom stereocenters. The van der Waals surface area contributed by atoms with E-state index in [9.17, 15) is 21.6 Å². The first-order valence-electron chi connectivity index (χ1n) is 8.46. The van der Waals surface area contributed by atoms with Crippen molar-refractivity contribution >= 4 is 16.0 Å². The van der Waals surface area contributed by atoms with Crippen LogP contribution in [0.15, 0.2) is 34.2 Å². The van der Waals surface area contributed by atoms with Crippen LogP contribution in [-0.4, -0.2) is 33.8 Å². The van der Waals surface area contributed by atoms with Crippen LogP contribution in [-0.2, 0) is 10.0 Å². The summed E-state index contributed by atoms with van der Waals surface area (Å²) in [6, 6.07) is 4.66. The number of halogens is 3. The molecule has 0 saturated heterocycles. The van der Waals surface area contributed by atoms with Crippen LogP contribution in [0.4, 0.5) is 13.2 Å². The fourth-order valence-electron chi connectivity index (χ4n) is 3.04. The molecule has 0 amide bonds. The van der Waals surface area contributed by atoms with Crippen LogP contribution >= 0.6 is 0 Å². The fourth-order valence-corrected chi connectivity index (χ4v) is 4.28. The SMILES string of the molecule is NC(N)=NCC1CCC(CNS(=O)(=O)c2ccccc2OC(F)(F)F)CC1. The van der Waals surface area contributed by atoms with Crippen molar-refractivity contribution in [2.24, 2.45) is 28.3 Å². The zero-order valence-electron chi connectivity index (χ0n) is 14.6. The van der Waals surface area contributed by atoms with E-state index >= 15 is 0 Å². The van der Waals surface area contributed by atoms with Crippen molar-refractivity contribution < 1.29 is 26.3 Å². The smallest absolute Gasteiger partial charge is 0.404 e. The zero-order valence-corrected chi connectivity index (χ0v) is 15.4. The van der Waals surface area contributed by atoms with E-state index in [0.29, 0.717) is 12.5 Å². The molecule has 0 aromatic heterocycles. The Balaban J connectivity index is 1.94. The number of hydrogen-bond acceptors (Lipinski definition) is 4. The number of aliphatic imine (C=N–C) groups is 1. The van der Waals surface area contributed by atoms with Gasteiger partial charge in [-0.05, 0) is 49.7 Å². The predicted octanol–water partition coefficient (Wildman–Crippen LogP) is 1.94. The van der Waals surface area contributed by atoms with E-state index in [4.69, 9.17) is 11.5 Å². The second-order valence-electron chi connectivity index (χ2n) is 6.50. The van der Waals surface area contributed by atoms with Gasteiger partial charge in [-0.15, -0.1) is 13.2 Å². The molecule has 152 valence electrons. The molecule has 1 aromatic rings. The Bertz CT molecular complexity index is 756. The maximum absolute atomic E-state index is 12.5. The van der Waals surface area contributed by atoms with Crippen LogP contribution in [0.25, 0.3) is 0 Å². The largest absolute Gasteiger partial charge is 0.573 e. The average molecular weight is 408 g/mol. The number of alkyl halides is 3. The van der Waals surface area contributed by atoms with Crippen LogP contribution in [0.3, 0.4) is 0 Å². The third kappa shape index (κ3) is 6.90. The van der Waals surface area contributed by atoms with Crippen molar-refractivity contribution in [2.45, 2.75) is 36.9 Å². The lowest BCUT2D eigenvalue weighted by atomic mass is 9.82. The number of hydrogen-bond donors (Lipinski definition) is 3. The number of rotatable bonds is 7. The number of nitrogens with two attached hydrogens (primary N) is 2. The van der Waals surface area contributed by atoms with E-state index in [0.717, 1.165) is 37.8 Å². The number of para-hydroxylation sites is 1. The van der Waals surface area contributed by atoms with Gasteiger partial charge in [0.1, 0.15) is 10.6 Å². The third-order valence-corrected chi connectivity index (χ3v) is 5.89. The second kappa shape index (κ2) is 8.79. The van der Waals surface area contributed by atoms with Gasteiger partial charge in [-0.3, -0.25) is 4.99 Å². The molecule has 0 radical (unpaired) electrons. The molecule has 27 heavy (non-hydrogen) atoms. The molecular formula is C16H23F3N4O3S. The Kier molecular flexibility index (Phi) is 6.93. The van der Waals surface area contributed by atoms with Crippen LogP contribution in [0.5, 0.6) is 5.75 Å². The zero-order chi connectivity index (χ0) is 20.1. The summed E-state index contributed by atoms with van der Waals surface area (Å²) in [6.07, 6.45) is -1.69. The summed E-state index contributed by atoms with van der Waals surface area (Å²) in [7, 11) is -4.13. The molecule has 1 aliphatic rings. The molecule has 1 fully saturated rings. The lowest BCUT2D eigenvalue weighted by Gasteiger charge is -2.27. The standard InChI is InChI=1S/C16H23F3N4O3S/c17-16(18,19)26-13-3-1-2-4-14(13)27(24,25)23-10-12-7-5-11(6-8-12)9-22-15(20)21/h1-4,11-12,23H,5-10H2,(H4,20,21,22). The normalized spacial score (nSPS) is 20.9. The van der Waals surface area contributed by atoms with E-state index < -0.39 is 27.0 Å². The molecular weight excluding hydrogens is 385 g/mol. The van der Waals surface area contributed by atoms with E-state index in [1.807, 2.05) is 0 Å². The first-order valence-corrected chi connectivity index (χ1v) is 9.95. The summed E-state index contributed by atoms with van der Waals surface area (Å²) < 4.78 is 68.5. The monoisotopic (exact) mass is 408 g/mol. The highest BCUT2D eigenvalue weighted by atomic mass is 32.2. The molecule has 0 atom stereocenters. The summed E-state index contributed by atoms with van der Waals surface area (Å²) in [4.78, 5) is 3.45. The van der Waals surface area contributed by atoms with Gasteiger partial charge in [0, 0.05) is 13.1 Å². The Labute approximate surface area is 156 Å².